The van der Waals surface area contributed by atoms with Crippen LogP contribution in [0.4, 0.5) is 0 Å². The quantitative estimate of drug-likeness (QED) is 0.890. The minimum absolute atomic E-state index is 0.0578. The zero-order chi connectivity index (χ0) is 19.1. The predicted octanol–water partition coefficient (Wildman–Crippen LogP) is 2.17. The lowest BCUT2D eigenvalue weighted by Gasteiger charge is -2.19. The summed E-state index contributed by atoms with van der Waals surface area (Å²) in [4.78, 5) is 17.2. The van der Waals surface area contributed by atoms with Crippen molar-refractivity contribution in [2.75, 3.05) is 13.1 Å². The van der Waals surface area contributed by atoms with E-state index in [4.69, 9.17) is 0 Å². The van der Waals surface area contributed by atoms with Gasteiger partial charge in [0.05, 0.1) is 17.9 Å². The van der Waals surface area contributed by atoms with Crippen LogP contribution >= 0.6 is 0 Å². The summed E-state index contributed by atoms with van der Waals surface area (Å²) in [7, 11) is -3.63. The molecule has 3 rings (SSSR count). The van der Waals surface area contributed by atoms with Gasteiger partial charge in [0.1, 0.15) is 11.2 Å². The van der Waals surface area contributed by atoms with E-state index in [0.29, 0.717) is 24.5 Å². The van der Waals surface area contributed by atoms with Crippen molar-refractivity contribution in [2.45, 2.75) is 39.1 Å². The number of imidazole rings is 1. The van der Waals surface area contributed by atoms with Crippen molar-refractivity contribution in [3.63, 3.8) is 0 Å². The predicted molar refractivity (Wildman–Crippen MR) is 98.6 cm³/mol. The molecule has 1 aromatic carbocycles. The highest BCUT2D eigenvalue weighted by Gasteiger charge is 2.34. The van der Waals surface area contributed by atoms with Crippen LogP contribution in [0, 0.1) is 5.41 Å². The Morgan fingerprint density at radius 1 is 1.27 bits per heavy atom. The molecule has 0 atom stereocenters. The third-order valence-electron chi connectivity index (χ3n) is 4.28. The molecule has 7 nitrogen and oxygen atoms in total. The normalized spacial score (nSPS) is 16.5. The fourth-order valence-electron chi connectivity index (χ4n) is 2.90. The number of sulfonamides is 1. The summed E-state index contributed by atoms with van der Waals surface area (Å²) in [5, 5.41) is 2.89. The van der Waals surface area contributed by atoms with Crippen LogP contribution < -0.4 is 5.32 Å². The average Bonchev–Trinajstić information content (AvgIpc) is 2.96. The summed E-state index contributed by atoms with van der Waals surface area (Å²) in [5.74, 6) is -0.290. The third-order valence-corrected chi connectivity index (χ3v) is 6.25. The first kappa shape index (κ1) is 18.6. The Morgan fingerprint density at radius 2 is 1.96 bits per heavy atom. The molecule has 0 bridgehead atoms. The Balaban J connectivity index is 2.09. The minimum Gasteiger partial charge on any atom is -0.350 e. The molecule has 140 valence electrons. The number of fused-ring (bicyclic) bond motifs is 3. The van der Waals surface area contributed by atoms with Crippen molar-refractivity contribution in [2.24, 2.45) is 5.41 Å². The number of benzene rings is 1. The molecule has 2 heterocycles. The molecule has 0 unspecified atom stereocenters. The minimum atomic E-state index is -3.63. The van der Waals surface area contributed by atoms with E-state index < -0.39 is 10.0 Å². The van der Waals surface area contributed by atoms with Gasteiger partial charge in [-0.2, -0.15) is 4.31 Å². The molecule has 0 radical (unpaired) electrons. The number of rotatable bonds is 3. The fourth-order valence-corrected chi connectivity index (χ4v) is 4.49. The molecule has 0 aliphatic carbocycles. The van der Waals surface area contributed by atoms with Gasteiger partial charge in [-0.1, -0.05) is 39.8 Å². The Bertz CT molecular complexity index is 942. The average molecular weight is 376 g/mol. The van der Waals surface area contributed by atoms with E-state index in [9.17, 15) is 13.2 Å². The van der Waals surface area contributed by atoms with Crippen LogP contribution in [0.15, 0.2) is 35.5 Å². The lowest BCUT2D eigenvalue weighted by Crippen LogP contribution is -2.34. The number of amides is 1. The van der Waals surface area contributed by atoms with Crippen molar-refractivity contribution >= 4 is 15.9 Å². The first-order valence-electron chi connectivity index (χ1n) is 8.59. The molecule has 0 fully saturated rings. The molecule has 1 aliphatic rings. The monoisotopic (exact) mass is 376 g/mol. The summed E-state index contributed by atoms with van der Waals surface area (Å²) in [6, 6.07) is 6.79. The van der Waals surface area contributed by atoms with Gasteiger partial charge in [-0.05, 0) is 17.5 Å². The lowest BCUT2D eigenvalue weighted by molar-refractivity contribution is 0.0933. The van der Waals surface area contributed by atoms with Crippen LogP contribution in [-0.4, -0.2) is 41.3 Å². The van der Waals surface area contributed by atoms with Crippen LogP contribution in [0.25, 0.3) is 5.69 Å². The maximum Gasteiger partial charge on any atom is 0.271 e. The Hall–Kier alpha value is -2.19. The van der Waals surface area contributed by atoms with Crippen LogP contribution in [-0.2, 0) is 16.6 Å². The van der Waals surface area contributed by atoms with Gasteiger partial charge in [0, 0.05) is 13.1 Å². The van der Waals surface area contributed by atoms with Gasteiger partial charge in [0.25, 0.3) is 5.91 Å². The number of aromatic nitrogens is 2. The van der Waals surface area contributed by atoms with Crippen LogP contribution in [0.2, 0.25) is 0 Å². The number of nitrogens with one attached hydrogen (secondary N) is 1. The van der Waals surface area contributed by atoms with Crippen molar-refractivity contribution in [3.8, 4) is 5.69 Å². The molecule has 26 heavy (non-hydrogen) atoms. The zero-order valence-electron chi connectivity index (χ0n) is 15.5. The number of para-hydroxylation sites is 1. The van der Waals surface area contributed by atoms with Gasteiger partial charge in [0.2, 0.25) is 10.0 Å². The molecule has 8 heteroatoms. The Morgan fingerprint density at radius 3 is 2.62 bits per heavy atom. The number of carbonyl (C=O) groups excluding carboxylic acids is 1. The standard InChI is InChI=1S/C18H24N4O3S/c1-5-21-10-14-16(17(23)19-11-18(2,3)4)20-12-22(14)13-8-6-7-9-15(13)26(21,24)25/h6-9,12H,5,10-11H2,1-4H3,(H,19,23). The highest BCUT2D eigenvalue weighted by Crippen LogP contribution is 2.31. The van der Waals surface area contributed by atoms with E-state index in [2.05, 4.69) is 10.3 Å². The summed E-state index contributed by atoms with van der Waals surface area (Å²) in [6.07, 6.45) is 1.52. The number of hydrogen-bond acceptors (Lipinski definition) is 4. The molecule has 1 aromatic heterocycles. The second-order valence-corrected chi connectivity index (χ2v) is 9.46. The van der Waals surface area contributed by atoms with E-state index in [0.717, 1.165) is 0 Å². The second-order valence-electron chi connectivity index (χ2n) is 7.55. The van der Waals surface area contributed by atoms with Gasteiger partial charge in [-0.3, -0.25) is 9.36 Å². The zero-order valence-corrected chi connectivity index (χ0v) is 16.3. The van der Waals surface area contributed by atoms with E-state index in [1.165, 1.54) is 10.6 Å². The van der Waals surface area contributed by atoms with E-state index in [-0.39, 0.29) is 28.5 Å². The van der Waals surface area contributed by atoms with Crippen LogP contribution in [0.3, 0.4) is 0 Å². The molecule has 0 saturated carbocycles. The number of nitrogens with zero attached hydrogens (tertiary/aromatic N) is 3. The van der Waals surface area contributed by atoms with Gasteiger partial charge < -0.3 is 5.32 Å². The smallest absolute Gasteiger partial charge is 0.271 e. The molecule has 1 aliphatic heterocycles. The summed E-state index contributed by atoms with van der Waals surface area (Å²) in [5.41, 5.74) is 1.30. The lowest BCUT2D eigenvalue weighted by atomic mass is 9.97. The Kier molecular flexibility index (Phi) is 4.66. The molecule has 2 aromatic rings. The van der Waals surface area contributed by atoms with E-state index in [1.807, 2.05) is 20.8 Å². The maximum absolute atomic E-state index is 13.0. The topological polar surface area (TPSA) is 84.3 Å². The summed E-state index contributed by atoms with van der Waals surface area (Å²) in [6.45, 7) is 8.79. The molecule has 1 N–H and O–H groups in total. The van der Waals surface area contributed by atoms with E-state index >= 15 is 0 Å². The first-order chi connectivity index (χ1) is 12.1. The van der Waals surface area contributed by atoms with Gasteiger partial charge in [-0.25, -0.2) is 13.4 Å². The van der Waals surface area contributed by atoms with Crippen molar-refractivity contribution < 1.29 is 13.2 Å². The fraction of sp³-hybridized carbons (Fsp3) is 0.444. The van der Waals surface area contributed by atoms with Crippen molar-refractivity contribution in [3.05, 3.63) is 42.0 Å². The highest BCUT2D eigenvalue weighted by atomic mass is 32.2. The van der Waals surface area contributed by atoms with Gasteiger partial charge >= 0.3 is 0 Å². The summed E-state index contributed by atoms with van der Waals surface area (Å²) < 4.78 is 29.0. The third kappa shape index (κ3) is 3.26. The van der Waals surface area contributed by atoms with E-state index in [1.54, 1.807) is 35.8 Å². The van der Waals surface area contributed by atoms with Gasteiger partial charge in [0.15, 0.2) is 5.69 Å². The number of carbonyl (C=O) groups is 1. The molecule has 0 spiro atoms. The largest absolute Gasteiger partial charge is 0.350 e. The molecule has 1 amide bonds. The second kappa shape index (κ2) is 6.51. The maximum atomic E-state index is 13.0. The molecular formula is C18H24N4O3S. The number of hydrogen-bond donors (Lipinski definition) is 1. The first-order valence-corrected chi connectivity index (χ1v) is 10.0. The van der Waals surface area contributed by atoms with Crippen LogP contribution in [0.1, 0.15) is 43.9 Å². The van der Waals surface area contributed by atoms with Gasteiger partial charge in [-0.15, -0.1) is 0 Å². The molecular weight excluding hydrogens is 352 g/mol. The summed E-state index contributed by atoms with van der Waals surface area (Å²) >= 11 is 0. The SMILES string of the molecule is CCN1Cc2c(C(=O)NCC(C)(C)C)ncn2-c2ccccc2S1(=O)=O. The van der Waals surface area contributed by atoms with Crippen LogP contribution in [0.5, 0.6) is 0 Å². The van der Waals surface area contributed by atoms with Crippen molar-refractivity contribution in [1.82, 2.24) is 19.2 Å². The van der Waals surface area contributed by atoms with Crippen molar-refractivity contribution in [1.29, 1.82) is 0 Å². The molecule has 0 saturated heterocycles. The highest BCUT2D eigenvalue weighted by molar-refractivity contribution is 7.89. The Labute approximate surface area is 154 Å².